The van der Waals surface area contributed by atoms with Gasteiger partial charge in [-0.25, -0.2) is 5.43 Å². The normalized spacial score (nSPS) is 11.6. The standard InChI is InChI=1S/C15H11BrClN3O2/c16-11-5-3-4-10(8-11)15(21)20-19-14(9-18-22)12-6-1-2-7-13(12)17/h1-9,22H,(H,20,21). The molecule has 22 heavy (non-hydrogen) atoms. The van der Waals surface area contributed by atoms with Gasteiger partial charge in [0, 0.05) is 15.6 Å². The second-order valence-electron chi connectivity index (χ2n) is 4.17. The highest BCUT2D eigenvalue weighted by Gasteiger charge is 2.09. The van der Waals surface area contributed by atoms with Crippen molar-refractivity contribution < 1.29 is 10.0 Å². The molecule has 2 N–H and O–H groups in total. The van der Waals surface area contributed by atoms with Crippen LogP contribution in [0.5, 0.6) is 0 Å². The number of oxime groups is 1. The number of nitrogens with zero attached hydrogens (tertiary/aromatic N) is 2. The lowest BCUT2D eigenvalue weighted by atomic mass is 10.1. The van der Waals surface area contributed by atoms with E-state index in [4.69, 9.17) is 16.8 Å². The van der Waals surface area contributed by atoms with Crippen LogP contribution in [-0.4, -0.2) is 23.0 Å². The van der Waals surface area contributed by atoms with Gasteiger partial charge in [0.15, 0.2) is 0 Å². The largest absolute Gasteiger partial charge is 0.411 e. The molecule has 0 heterocycles. The highest BCUT2D eigenvalue weighted by atomic mass is 79.9. The van der Waals surface area contributed by atoms with Crippen LogP contribution in [0.2, 0.25) is 5.02 Å². The van der Waals surface area contributed by atoms with Gasteiger partial charge in [0.2, 0.25) is 0 Å². The van der Waals surface area contributed by atoms with Crippen molar-refractivity contribution in [1.29, 1.82) is 0 Å². The maximum Gasteiger partial charge on any atom is 0.271 e. The molecule has 2 rings (SSSR count). The molecule has 0 spiro atoms. The van der Waals surface area contributed by atoms with Gasteiger partial charge < -0.3 is 5.21 Å². The van der Waals surface area contributed by atoms with Crippen molar-refractivity contribution in [2.24, 2.45) is 10.3 Å². The number of hydrogen-bond donors (Lipinski definition) is 2. The van der Waals surface area contributed by atoms with Crippen LogP contribution < -0.4 is 5.43 Å². The fourth-order valence-corrected chi connectivity index (χ4v) is 2.32. The molecule has 0 saturated carbocycles. The predicted molar refractivity (Wildman–Crippen MR) is 89.9 cm³/mol. The van der Waals surface area contributed by atoms with E-state index >= 15 is 0 Å². The van der Waals surface area contributed by atoms with Gasteiger partial charge in [0.25, 0.3) is 5.91 Å². The van der Waals surface area contributed by atoms with Gasteiger partial charge in [-0.3, -0.25) is 4.79 Å². The van der Waals surface area contributed by atoms with Gasteiger partial charge in [-0.05, 0) is 24.3 Å². The first-order chi connectivity index (χ1) is 10.6. The van der Waals surface area contributed by atoms with Crippen molar-refractivity contribution in [3.8, 4) is 0 Å². The van der Waals surface area contributed by atoms with Gasteiger partial charge in [-0.1, -0.05) is 57.0 Å². The summed E-state index contributed by atoms with van der Waals surface area (Å²) in [6.45, 7) is 0. The molecule has 2 aromatic carbocycles. The van der Waals surface area contributed by atoms with E-state index in [2.05, 4.69) is 31.6 Å². The fourth-order valence-electron chi connectivity index (χ4n) is 1.69. The van der Waals surface area contributed by atoms with E-state index in [-0.39, 0.29) is 5.71 Å². The van der Waals surface area contributed by atoms with E-state index in [0.717, 1.165) is 10.7 Å². The molecule has 0 aliphatic carbocycles. The maximum atomic E-state index is 12.0. The van der Waals surface area contributed by atoms with Crippen LogP contribution in [-0.2, 0) is 0 Å². The van der Waals surface area contributed by atoms with Crippen LogP contribution in [0.15, 0.2) is 63.3 Å². The molecule has 0 aliphatic rings. The number of carbonyl (C=O) groups is 1. The third kappa shape index (κ3) is 4.16. The summed E-state index contributed by atoms with van der Waals surface area (Å²) in [5.41, 5.74) is 3.62. The number of hydrazone groups is 1. The summed E-state index contributed by atoms with van der Waals surface area (Å²) >= 11 is 9.36. The molecule has 0 fully saturated rings. The topological polar surface area (TPSA) is 74.0 Å². The number of nitrogens with one attached hydrogen (secondary N) is 1. The third-order valence-electron chi connectivity index (χ3n) is 2.69. The summed E-state index contributed by atoms with van der Waals surface area (Å²) in [5, 5.41) is 16.1. The van der Waals surface area contributed by atoms with Crippen LogP contribution in [0.25, 0.3) is 0 Å². The number of amides is 1. The van der Waals surface area contributed by atoms with Gasteiger partial charge in [0.1, 0.15) is 5.71 Å². The summed E-state index contributed by atoms with van der Waals surface area (Å²) in [5.74, 6) is -0.391. The zero-order valence-electron chi connectivity index (χ0n) is 11.2. The number of benzene rings is 2. The van der Waals surface area contributed by atoms with Crippen molar-refractivity contribution in [3.05, 3.63) is 69.2 Å². The Morgan fingerprint density at radius 1 is 1.23 bits per heavy atom. The van der Waals surface area contributed by atoms with Crippen LogP contribution in [0.4, 0.5) is 0 Å². The molecule has 0 aromatic heterocycles. The molecule has 0 unspecified atom stereocenters. The molecule has 112 valence electrons. The molecular formula is C15H11BrClN3O2. The molecule has 1 amide bonds. The lowest BCUT2D eigenvalue weighted by molar-refractivity contribution is 0.0955. The second kappa shape index (κ2) is 7.72. The van der Waals surface area contributed by atoms with Gasteiger partial charge in [-0.2, -0.15) is 5.10 Å². The minimum Gasteiger partial charge on any atom is -0.411 e. The Hall–Kier alpha value is -2.18. The molecule has 0 atom stereocenters. The average molecular weight is 381 g/mol. The molecule has 0 saturated heterocycles. The second-order valence-corrected chi connectivity index (χ2v) is 5.50. The summed E-state index contributed by atoms with van der Waals surface area (Å²) < 4.78 is 0.785. The van der Waals surface area contributed by atoms with Crippen LogP contribution in [0, 0.1) is 0 Å². The van der Waals surface area contributed by atoms with E-state index in [1.165, 1.54) is 0 Å². The van der Waals surface area contributed by atoms with Crippen molar-refractivity contribution in [1.82, 2.24) is 5.43 Å². The third-order valence-corrected chi connectivity index (χ3v) is 3.52. The molecule has 0 aliphatic heterocycles. The molecule has 2 aromatic rings. The molecular weight excluding hydrogens is 370 g/mol. The Bertz CT molecular complexity index is 747. The van der Waals surface area contributed by atoms with Crippen molar-refractivity contribution in [2.75, 3.05) is 0 Å². The van der Waals surface area contributed by atoms with Gasteiger partial charge in [-0.15, -0.1) is 0 Å². The maximum absolute atomic E-state index is 12.0. The van der Waals surface area contributed by atoms with Gasteiger partial charge in [0.05, 0.1) is 11.2 Å². The first-order valence-corrected chi connectivity index (χ1v) is 7.35. The SMILES string of the molecule is O=C(NN=C(C=NO)c1ccccc1Cl)c1cccc(Br)c1. The lowest BCUT2D eigenvalue weighted by Crippen LogP contribution is -2.20. The molecule has 5 nitrogen and oxygen atoms in total. The van der Waals surface area contributed by atoms with E-state index in [9.17, 15) is 4.79 Å². The number of halogens is 2. The summed E-state index contributed by atoms with van der Waals surface area (Å²) in [4.78, 5) is 12.0. The number of carbonyl (C=O) groups excluding carboxylic acids is 1. The van der Waals surface area contributed by atoms with Crippen molar-refractivity contribution in [2.45, 2.75) is 0 Å². The Kier molecular flexibility index (Phi) is 5.68. The highest BCUT2D eigenvalue weighted by molar-refractivity contribution is 9.10. The van der Waals surface area contributed by atoms with Crippen LogP contribution in [0.3, 0.4) is 0 Å². The van der Waals surface area contributed by atoms with E-state index in [1.54, 1.807) is 42.5 Å². The van der Waals surface area contributed by atoms with Gasteiger partial charge >= 0.3 is 0 Å². The average Bonchev–Trinajstić information content (AvgIpc) is 2.52. The van der Waals surface area contributed by atoms with Crippen molar-refractivity contribution >= 4 is 45.4 Å². The van der Waals surface area contributed by atoms with Crippen LogP contribution in [0.1, 0.15) is 15.9 Å². The summed E-state index contributed by atoms with van der Waals surface area (Å²) in [6.07, 6.45) is 1.10. The smallest absolute Gasteiger partial charge is 0.271 e. The van der Waals surface area contributed by atoms with E-state index < -0.39 is 5.91 Å². The minimum atomic E-state index is -0.391. The first-order valence-electron chi connectivity index (χ1n) is 6.17. The minimum absolute atomic E-state index is 0.233. The lowest BCUT2D eigenvalue weighted by Gasteiger charge is -2.05. The molecule has 0 bridgehead atoms. The van der Waals surface area contributed by atoms with E-state index in [0.29, 0.717) is 16.1 Å². The predicted octanol–water partition coefficient (Wildman–Crippen LogP) is 3.70. The zero-order valence-corrected chi connectivity index (χ0v) is 13.5. The molecule has 0 radical (unpaired) electrons. The summed E-state index contributed by atoms with van der Waals surface area (Å²) in [7, 11) is 0. The quantitative estimate of drug-likeness (QED) is 0.482. The Labute approximate surface area is 140 Å². The number of rotatable bonds is 4. The Morgan fingerprint density at radius 2 is 2.00 bits per heavy atom. The Balaban J connectivity index is 2.25. The fraction of sp³-hybridized carbons (Fsp3) is 0. The van der Waals surface area contributed by atoms with Crippen molar-refractivity contribution in [3.63, 3.8) is 0 Å². The molecule has 7 heteroatoms. The highest BCUT2D eigenvalue weighted by Crippen LogP contribution is 2.15. The summed E-state index contributed by atoms with van der Waals surface area (Å²) in [6, 6.07) is 13.8. The zero-order chi connectivity index (χ0) is 15.9. The Morgan fingerprint density at radius 3 is 2.68 bits per heavy atom. The number of hydrogen-bond acceptors (Lipinski definition) is 4. The van der Waals surface area contributed by atoms with E-state index in [1.807, 2.05) is 6.07 Å². The first kappa shape index (κ1) is 16.2. The monoisotopic (exact) mass is 379 g/mol. The van der Waals surface area contributed by atoms with Crippen LogP contribution >= 0.6 is 27.5 Å².